The van der Waals surface area contributed by atoms with Gasteiger partial charge in [0.2, 0.25) is 5.89 Å². The van der Waals surface area contributed by atoms with E-state index in [1.807, 2.05) is 17.5 Å². The molecule has 0 N–H and O–H groups in total. The highest BCUT2D eigenvalue weighted by molar-refractivity contribution is 7.91. The van der Waals surface area contributed by atoms with Gasteiger partial charge < -0.3 is 9.15 Å². The summed E-state index contributed by atoms with van der Waals surface area (Å²) in [7, 11) is -2.94. The van der Waals surface area contributed by atoms with Gasteiger partial charge in [-0.05, 0) is 11.4 Å². The maximum atomic E-state index is 11.8. The van der Waals surface area contributed by atoms with Crippen molar-refractivity contribution in [2.75, 3.05) is 31.1 Å². The van der Waals surface area contributed by atoms with Crippen molar-refractivity contribution in [2.24, 2.45) is 0 Å². The monoisotopic (exact) mass is 356 g/mol. The molecule has 9 heteroatoms. The standard InChI is InChI=1S/C14H16N2O5S2/c17-13(8-16-3-6-23(18,19)7-4-16)20-9-11-10-21-14(15-11)12-2-1-5-22-12/h1-2,5,10H,3-4,6-9H2. The normalized spacial score (nSPS) is 17.9. The number of carbonyl (C=O) groups excluding carboxylic acids is 1. The van der Waals surface area contributed by atoms with Crippen LogP contribution in [0, 0.1) is 0 Å². The van der Waals surface area contributed by atoms with Gasteiger partial charge in [0.1, 0.15) is 18.6 Å². The number of rotatable bonds is 5. The summed E-state index contributed by atoms with van der Waals surface area (Å²) in [5, 5.41) is 1.93. The lowest BCUT2D eigenvalue weighted by atomic mass is 10.4. The van der Waals surface area contributed by atoms with E-state index in [2.05, 4.69) is 4.98 Å². The van der Waals surface area contributed by atoms with Gasteiger partial charge in [-0.25, -0.2) is 13.4 Å². The zero-order valence-electron chi connectivity index (χ0n) is 12.3. The Labute approximate surface area is 137 Å². The molecule has 2 aromatic heterocycles. The van der Waals surface area contributed by atoms with E-state index in [9.17, 15) is 13.2 Å². The molecule has 0 bridgehead atoms. The molecular formula is C14H16N2O5S2. The molecule has 2 aromatic rings. The van der Waals surface area contributed by atoms with Crippen LogP contribution in [0.25, 0.3) is 10.8 Å². The minimum atomic E-state index is -2.94. The van der Waals surface area contributed by atoms with E-state index in [1.165, 1.54) is 17.6 Å². The van der Waals surface area contributed by atoms with Gasteiger partial charge in [0.15, 0.2) is 9.84 Å². The van der Waals surface area contributed by atoms with Crippen LogP contribution in [0.1, 0.15) is 5.69 Å². The van der Waals surface area contributed by atoms with Gasteiger partial charge >= 0.3 is 5.97 Å². The second-order valence-corrected chi connectivity index (χ2v) is 8.46. The predicted octanol–water partition coefficient (Wildman–Crippen LogP) is 1.18. The van der Waals surface area contributed by atoms with Gasteiger partial charge in [-0.3, -0.25) is 9.69 Å². The maximum absolute atomic E-state index is 11.8. The molecule has 7 nitrogen and oxygen atoms in total. The van der Waals surface area contributed by atoms with Crippen molar-refractivity contribution in [3.05, 3.63) is 29.5 Å². The molecule has 1 aliphatic rings. The molecule has 0 aromatic carbocycles. The van der Waals surface area contributed by atoms with Gasteiger partial charge in [-0.2, -0.15) is 0 Å². The van der Waals surface area contributed by atoms with Crippen molar-refractivity contribution in [3.63, 3.8) is 0 Å². The smallest absolute Gasteiger partial charge is 0.320 e. The topological polar surface area (TPSA) is 89.7 Å². The highest BCUT2D eigenvalue weighted by atomic mass is 32.2. The third kappa shape index (κ3) is 4.40. The van der Waals surface area contributed by atoms with Crippen LogP contribution in [-0.2, 0) is 26.0 Å². The van der Waals surface area contributed by atoms with Crippen LogP contribution < -0.4 is 0 Å². The van der Waals surface area contributed by atoms with E-state index in [1.54, 1.807) is 4.90 Å². The Morgan fingerprint density at radius 1 is 1.39 bits per heavy atom. The molecule has 0 unspecified atom stereocenters. The number of hydrogen-bond donors (Lipinski definition) is 0. The van der Waals surface area contributed by atoms with E-state index in [-0.39, 0.29) is 24.7 Å². The summed E-state index contributed by atoms with van der Waals surface area (Å²) in [4.78, 5) is 18.8. The number of aromatic nitrogens is 1. The maximum Gasteiger partial charge on any atom is 0.320 e. The number of esters is 1. The van der Waals surface area contributed by atoms with Crippen molar-refractivity contribution >= 4 is 27.1 Å². The molecule has 1 aliphatic heterocycles. The van der Waals surface area contributed by atoms with Crippen LogP contribution >= 0.6 is 11.3 Å². The summed E-state index contributed by atoms with van der Waals surface area (Å²) in [5.41, 5.74) is 0.544. The van der Waals surface area contributed by atoms with Crippen molar-refractivity contribution in [2.45, 2.75) is 6.61 Å². The van der Waals surface area contributed by atoms with Crippen molar-refractivity contribution in [1.29, 1.82) is 0 Å². The van der Waals surface area contributed by atoms with E-state index < -0.39 is 15.8 Å². The number of hydrogen-bond acceptors (Lipinski definition) is 8. The Kier molecular flexibility index (Phi) is 4.79. The zero-order chi connectivity index (χ0) is 16.3. The average molecular weight is 356 g/mol. The fourth-order valence-corrected chi connectivity index (χ4v) is 4.11. The van der Waals surface area contributed by atoms with E-state index >= 15 is 0 Å². The van der Waals surface area contributed by atoms with Crippen LogP contribution in [0.5, 0.6) is 0 Å². The van der Waals surface area contributed by atoms with Crippen LogP contribution in [0.4, 0.5) is 0 Å². The van der Waals surface area contributed by atoms with Crippen LogP contribution in [0.2, 0.25) is 0 Å². The second-order valence-electron chi connectivity index (χ2n) is 5.21. The summed E-state index contributed by atoms with van der Waals surface area (Å²) >= 11 is 1.52. The number of ether oxygens (including phenoxy) is 1. The van der Waals surface area contributed by atoms with Gasteiger partial charge in [-0.1, -0.05) is 6.07 Å². The SMILES string of the molecule is O=C(CN1CCS(=O)(=O)CC1)OCc1coc(-c2cccs2)n1. The molecule has 0 spiro atoms. The molecule has 0 amide bonds. The molecule has 0 aliphatic carbocycles. The quantitative estimate of drug-likeness (QED) is 0.743. The van der Waals surface area contributed by atoms with Gasteiger partial charge in [-0.15, -0.1) is 11.3 Å². The summed E-state index contributed by atoms with van der Waals surface area (Å²) in [6, 6.07) is 3.80. The van der Waals surface area contributed by atoms with Crippen molar-refractivity contribution in [3.8, 4) is 10.8 Å². The molecule has 1 fully saturated rings. The van der Waals surface area contributed by atoms with Crippen LogP contribution in [0.15, 0.2) is 28.2 Å². The highest BCUT2D eigenvalue weighted by Gasteiger charge is 2.23. The minimum Gasteiger partial charge on any atom is -0.458 e. The molecule has 0 atom stereocenters. The Bertz CT molecular complexity index is 753. The van der Waals surface area contributed by atoms with Crippen molar-refractivity contribution in [1.82, 2.24) is 9.88 Å². The van der Waals surface area contributed by atoms with Crippen LogP contribution in [0.3, 0.4) is 0 Å². The number of carbonyl (C=O) groups is 1. The highest BCUT2D eigenvalue weighted by Crippen LogP contribution is 2.23. The third-order valence-electron chi connectivity index (χ3n) is 3.45. The lowest BCUT2D eigenvalue weighted by molar-refractivity contribution is -0.146. The number of thiophene rings is 1. The molecule has 1 saturated heterocycles. The largest absolute Gasteiger partial charge is 0.458 e. The molecule has 3 rings (SSSR count). The Morgan fingerprint density at radius 2 is 2.17 bits per heavy atom. The first-order chi connectivity index (χ1) is 11.0. The summed E-state index contributed by atoms with van der Waals surface area (Å²) < 4.78 is 33.2. The average Bonchev–Trinajstić information content (AvgIpc) is 3.18. The number of oxazole rings is 1. The minimum absolute atomic E-state index is 0.0415. The van der Waals surface area contributed by atoms with Crippen LogP contribution in [-0.4, -0.2) is 55.4 Å². The first-order valence-corrected chi connectivity index (χ1v) is 9.79. The first-order valence-electron chi connectivity index (χ1n) is 7.08. The van der Waals surface area contributed by atoms with E-state index in [0.717, 1.165) is 4.88 Å². The third-order valence-corrected chi connectivity index (χ3v) is 5.92. The Balaban J connectivity index is 1.46. The van der Waals surface area contributed by atoms with Gasteiger partial charge in [0.25, 0.3) is 0 Å². The molecule has 3 heterocycles. The number of nitrogens with zero attached hydrogens (tertiary/aromatic N) is 2. The van der Waals surface area contributed by atoms with Crippen molar-refractivity contribution < 1.29 is 22.4 Å². The lowest BCUT2D eigenvalue weighted by Crippen LogP contribution is -2.43. The summed E-state index contributed by atoms with van der Waals surface area (Å²) in [5.74, 6) is 0.291. The summed E-state index contributed by atoms with van der Waals surface area (Å²) in [6.07, 6.45) is 1.47. The van der Waals surface area contributed by atoms with E-state index in [4.69, 9.17) is 9.15 Å². The summed E-state index contributed by atoms with van der Waals surface area (Å²) in [6.45, 7) is 0.860. The van der Waals surface area contributed by atoms with Gasteiger partial charge in [0, 0.05) is 13.1 Å². The first kappa shape index (κ1) is 16.2. The van der Waals surface area contributed by atoms with E-state index in [0.29, 0.717) is 24.7 Å². The zero-order valence-corrected chi connectivity index (χ0v) is 13.9. The molecule has 23 heavy (non-hydrogen) atoms. The number of sulfone groups is 1. The molecular weight excluding hydrogens is 340 g/mol. The predicted molar refractivity (Wildman–Crippen MR) is 84.7 cm³/mol. The lowest BCUT2D eigenvalue weighted by Gasteiger charge is -2.25. The fourth-order valence-electron chi connectivity index (χ4n) is 2.18. The fraction of sp³-hybridized carbons (Fsp3) is 0.429. The second kappa shape index (κ2) is 6.81. The molecule has 124 valence electrons. The molecule has 0 radical (unpaired) electrons. The Morgan fingerprint density at radius 3 is 2.87 bits per heavy atom. The molecule has 0 saturated carbocycles. The Hall–Kier alpha value is -1.71. The van der Waals surface area contributed by atoms with Gasteiger partial charge in [0.05, 0.1) is 22.9 Å².